The van der Waals surface area contributed by atoms with Gasteiger partial charge in [-0.1, -0.05) is 6.07 Å². The van der Waals surface area contributed by atoms with E-state index in [1.54, 1.807) is 19.1 Å². The van der Waals surface area contributed by atoms with E-state index in [1.165, 1.54) is 12.1 Å². The van der Waals surface area contributed by atoms with E-state index in [0.717, 1.165) is 12.1 Å². The number of non-ortho nitro benzene ring substituents is 1. The smallest absolute Gasteiger partial charge is 0.301 e. The molecule has 0 spiro atoms. The number of hydrogen-bond donors (Lipinski definition) is 1. The lowest BCUT2D eigenvalue weighted by atomic mass is 10.1. The van der Waals surface area contributed by atoms with Gasteiger partial charge >= 0.3 is 5.69 Å². The van der Waals surface area contributed by atoms with Crippen LogP contribution in [0.1, 0.15) is 12.5 Å². The van der Waals surface area contributed by atoms with Crippen molar-refractivity contribution in [1.29, 1.82) is 0 Å². The molecule has 29 heavy (non-hydrogen) atoms. The van der Waals surface area contributed by atoms with Crippen molar-refractivity contribution in [3.05, 3.63) is 68.0 Å². The highest BCUT2D eigenvalue weighted by Crippen LogP contribution is 2.29. The highest BCUT2D eigenvalue weighted by Gasteiger charge is 2.19. The fourth-order valence-corrected chi connectivity index (χ4v) is 2.88. The minimum Gasteiger partial charge on any atom is -0.378 e. The number of hydrogen-bond acceptors (Lipinski definition) is 8. The van der Waals surface area contributed by atoms with Crippen molar-refractivity contribution in [3.63, 3.8) is 0 Å². The van der Waals surface area contributed by atoms with Gasteiger partial charge in [0.15, 0.2) is 0 Å². The Hall–Kier alpha value is -3.60. The third-order valence-electron chi connectivity index (χ3n) is 4.45. The number of nitro benzene ring substituents is 2. The number of benzene rings is 2. The van der Waals surface area contributed by atoms with Crippen LogP contribution in [0.4, 0.5) is 27.1 Å². The van der Waals surface area contributed by atoms with Gasteiger partial charge in [0.05, 0.1) is 40.5 Å². The molecule has 1 heterocycles. The first-order valence-corrected chi connectivity index (χ1v) is 8.72. The average Bonchev–Trinajstić information content (AvgIpc) is 2.72. The molecule has 1 fully saturated rings. The Balaban J connectivity index is 1.80. The van der Waals surface area contributed by atoms with Crippen molar-refractivity contribution in [3.8, 4) is 0 Å². The number of halogens is 1. The van der Waals surface area contributed by atoms with E-state index in [2.05, 4.69) is 10.5 Å². The standard InChI is InChI=1S/C18H18FN5O5/c1-12(13-2-5-17(15(19)10-13)22-6-8-29-9-7-22)20-21-16-4-3-14(23(25)26)11-18(16)24(27)28/h2-5,10-11,21H,6-9H2,1H3/b20-12-. The van der Waals surface area contributed by atoms with Gasteiger partial charge in [0.1, 0.15) is 11.5 Å². The summed E-state index contributed by atoms with van der Waals surface area (Å²) < 4.78 is 19.8. The van der Waals surface area contributed by atoms with E-state index < -0.39 is 27.0 Å². The lowest BCUT2D eigenvalue weighted by Gasteiger charge is -2.29. The molecule has 1 aliphatic heterocycles. The molecule has 11 heteroatoms. The zero-order chi connectivity index (χ0) is 21.0. The summed E-state index contributed by atoms with van der Waals surface area (Å²) in [5.74, 6) is -0.403. The molecular formula is C18H18FN5O5. The summed E-state index contributed by atoms with van der Waals surface area (Å²) in [7, 11) is 0. The third-order valence-corrected chi connectivity index (χ3v) is 4.45. The summed E-state index contributed by atoms with van der Waals surface area (Å²) in [6.07, 6.45) is 0. The lowest BCUT2D eigenvalue weighted by molar-refractivity contribution is -0.393. The number of anilines is 2. The van der Waals surface area contributed by atoms with Gasteiger partial charge in [0, 0.05) is 24.7 Å². The molecule has 1 saturated heterocycles. The molecule has 0 bridgehead atoms. The van der Waals surface area contributed by atoms with Crippen molar-refractivity contribution in [2.24, 2.45) is 5.10 Å². The SMILES string of the molecule is C/C(=N/Nc1ccc([N+](=O)[O-])cc1[N+](=O)[O-])c1ccc(N2CCOCC2)c(F)c1. The quantitative estimate of drug-likeness (QED) is 0.446. The number of hydrazone groups is 1. The number of nitrogens with zero attached hydrogens (tertiary/aromatic N) is 4. The molecule has 2 aromatic rings. The van der Waals surface area contributed by atoms with Crippen molar-refractivity contribution in [2.75, 3.05) is 36.6 Å². The molecule has 0 atom stereocenters. The second-order valence-corrected chi connectivity index (χ2v) is 6.29. The van der Waals surface area contributed by atoms with E-state index in [4.69, 9.17) is 4.74 Å². The Morgan fingerprint density at radius 2 is 1.86 bits per heavy atom. The topological polar surface area (TPSA) is 123 Å². The monoisotopic (exact) mass is 403 g/mol. The minimum absolute atomic E-state index is 0.00893. The molecule has 0 unspecified atom stereocenters. The molecule has 0 aromatic heterocycles. The molecule has 10 nitrogen and oxygen atoms in total. The summed E-state index contributed by atoms with van der Waals surface area (Å²) in [4.78, 5) is 22.4. The van der Waals surface area contributed by atoms with Crippen LogP contribution in [0.2, 0.25) is 0 Å². The Morgan fingerprint density at radius 3 is 2.48 bits per heavy atom. The molecule has 1 N–H and O–H groups in total. The number of ether oxygens (including phenoxy) is 1. The molecule has 1 aliphatic rings. The van der Waals surface area contributed by atoms with Crippen LogP contribution in [-0.2, 0) is 4.74 Å². The van der Waals surface area contributed by atoms with Crippen LogP contribution in [0.15, 0.2) is 41.5 Å². The maximum Gasteiger partial charge on any atom is 0.301 e. The van der Waals surface area contributed by atoms with Crippen molar-refractivity contribution in [2.45, 2.75) is 6.92 Å². The lowest BCUT2D eigenvalue weighted by Crippen LogP contribution is -2.36. The van der Waals surface area contributed by atoms with Gasteiger partial charge in [-0.15, -0.1) is 0 Å². The average molecular weight is 403 g/mol. The van der Waals surface area contributed by atoms with Gasteiger partial charge in [-0.05, 0) is 25.1 Å². The largest absolute Gasteiger partial charge is 0.378 e. The van der Waals surface area contributed by atoms with Crippen LogP contribution in [0, 0.1) is 26.0 Å². The Morgan fingerprint density at radius 1 is 1.14 bits per heavy atom. The first-order chi connectivity index (χ1) is 13.9. The first-order valence-electron chi connectivity index (χ1n) is 8.72. The molecule has 0 aliphatic carbocycles. The second-order valence-electron chi connectivity index (χ2n) is 6.29. The van der Waals surface area contributed by atoms with Crippen LogP contribution < -0.4 is 10.3 Å². The van der Waals surface area contributed by atoms with Crippen LogP contribution in [-0.4, -0.2) is 41.9 Å². The predicted octanol–water partition coefficient (Wildman–Crippen LogP) is 3.31. The maximum absolute atomic E-state index is 14.5. The fourth-order valence-electron chi connectivity index (χ4n) is 2.88. The second kappa shape index (κ2) is 8.61. The predicted molar refractivity (Wildman–Crippen MR) is 105 cm³/mol. The number of rotatable bonds is 6. The Kier molecular flexibility index (Phi) is 5.98. The highest BCUT2D eigenvalue weighted by molar-refractivity contribution is 5.99. The van der Waals surface area contributed by atoms with Gasteiger partial charge in [0.2, 0.25) is 0 Å². The van der Waals surface area contributed by atoms with E-state index in [0.29, 0.717) is 43.3 Å². The molecule has 0 saturated carbocycles. The Labute approximate surface area is 164 Å². The normalized spacial score (nSPS) is 14.6. The summed E-state index contributed by atoms with van der Waals surface area (Å²) >= 11 is 0. The van der Waals surface area contributed by atoms with Gasteiger partial charge in [-0.25, -0.2) is 4.39 Å². The van der Waals surface area contributed by atoms with Crippen LogP contribution in [0.5, 0.6) is 0 Å². The van der Waals surface area contributed by atoms with E-state index in [1.807, 2.05) is 4.90 Å². The zero-order valence-corrected chi connectivity index (χ0v) is 15.5. The molecule has 0 radical (unpaired) electrons. The summed E-state index contributed by atoms with van der Waals surface area (Å²) in [5, 5.41) is 26.0. The summed E-state index contributed by atoms with van der Waals surface area (Å²) in [6.45, 7) is 3.91. The third kappa shape index (κ3) is 4.63. The van der Waals surface area contributed by atoms with Crippen LogP contribution >= 0.6 is 0 Å². The van der Waals surface area contributed by atoms with Gasteiger partial charge in [-0.3, -0.25) is 25.7 Å². The number of nitro groups is 2. The van der Waals surface area contributed by atoms with Gasteiger partial charge in [0.25, 0.3) is 5.69 Å². The van der Waals surface area contributed by atoms with Crippen molar-refractivity contribution >= 4 is 28.5 Å². The van der Waals surface area contributed by atoms with Crippen LogP contribution in [0.3, 0.4) is 0 Å². The van der Waals surface area contributed by atoms with Crippen molar-refractivity contribution < 1.29 is 19.0 Å². The van der Waals surface area contributed by atoms with Gasteiger partial charge in [-0.2, -0.15) is 5.10 Å². The Bertz CT molecular complexity index is 975. The maximum atomic E-state index is 14.5. The minimum atomic E-state index is -0.739. The van der Waals surface area contributed by atoms with E-state index in [-0.39, 0.29) is 5.69 Å². The highest BCUT2D eigenvalue weighted by atomic mass is 19.1. The summed E-state index contributed by atoms with van der Waals surface area (Å²) in [6, 6.07) is 7.90. The number of nitrogens with one attached hydrogen (secondary N) is 1. The summed E-state index contributed by atoms with van der Waals surface area (Å²) in [5.41, 5.74) is 3.01. The van der Waals surface area contributed by atoms with Crippen molar-refractivity contribution in [1.82, 2.24) is 0 Å². The first kappa shape index (κ1) is 20.1. The van der Waals surface area contributed by atoms with Crippen LogP contribution in [0.25, 0.3) is 0 Å². The molecular weight excluding hydrogens is 385 g/mol. The van der Waals surface area contributed by atoms with Gasteiger partial charge < -0.3 is 9.64 Å². The zero-order valence-electron chi connectivity index (χ0n) is 15.5. The fraction of sp³-hybridized carbons (Fsp3) is 0.278. The number of morpholine rings is 1. The molecule has 2 aromatic carbocycles. The molecule has 0 amide bonds. The molecule has 152 valence electrons. The van der Waals surface area contributed by atoms with E-state index in [9.17, 15) is 24.6 Å². The molecule has 3 rings (SSSR count). The van der Waals surface area contributed by atoms with E-state index >= 15 is 0 Å².